The first kappa shape index (κ1) is 11.7. The van der Waals surface area contributed by atoms with E-state index >= 15 is 0 Å². The van der Waals surface area contributed by atoms with E-state index in [1.807, 2.05) is 12.1 Å². The van der Waals surface area contributed by atoms with Crippen LogP contribution in [0.5, 0.6) is 5.75 Å². The van der Waals surface area contributed by atoms with Crippen molar-refractivity contribution in [1.82, 2.24) is 4.98 Å². The molecular formula is C13H16N2O2S. The minimum Gasteiger partial charge on any atom is -0.494 e. The number of para-hydroxylation sites is 1. The number of hydrogen-bond acceptors (Lipinski definition) is 5. The quantitative estimate of drug-likeness (QED) is 0.922. The smallest absolute Gasteiger partial charge is 0.184 e. The largest absolute Gasteiger partial charge is 0.494 e. The number of anilines is 1. The molecule has 1 aliphatic rings. The summed E-state index contributed by atoms with van der Waals surface area (Å²) in [6.07, 6.45) is 2.64. The standard InChI is InChI=1S/C13H16N2O2S/c1-16-10-5-2-6-11-12(10)15-13(18-11)14-8-9-4-3-7-17-9/h2,5-6,9H,3-4,7-8H2,1H3,(H,14,15)/t9-/m0/s1. The van der Waals surface area contributed by atoms with Crippen molar-refractivity contribution in [3.05, 3.63) is 18.2 Å². The number of nitrogens with one attached hydrogen (secondary N) is 1. The van der Waals surface area contributed by atoms with E-state index in [2.05, 4.69) is 16.4 Å². The molecule has 0 radical (unpaired) electrons. The van der Waals surface area contributed by atoms with Crippen molar-refractivity contribution in [3.8, 4) is 5.75 Å². The summed E-state index contributed by atoms with van der Waals surface area (Å²) in [5.74, 6) is 0.828. The van der Waals surface area contributed by atoms with Gasteiger partial charge in [-0.25, -0.2) is 4.98 Å². The van der Waals surface area contributed by atoms with Crippen LogP contribution in [-0.4, -0.2) is 31.3 Å². The number of thiazole rings is 1. The minimum absolute atomic E-state index is 0.332. The Morgan fingerprint density at radius 1 is 1.56 bits per heavy atom. The van der Waals surface area contributed by atoms with Crippen molar-refractivity contribution >= 4 is 26.7 Å². The topological polar surface area (TPSA) is 43.4 Å². The van der Waals surface area contributed by atoms with Gasteiger partial charge in [0.25, 0.3) is 0 Å². The van der Waals surface area contributed by atoms with Gasteiger partial charge in [-0.1, -0.05) is 17.4 Å². The van der Waals surface area contributed by atoms with E-state index < -0.39 is 0 Å². The number of hydrogen-bond donors (Lipinski definition) is 1. The second-order valence-electron chi connectivity index (χ2n) is 4.34. The summed E-state index contributed by atoms with van der Waals surface area (Å²) in [7, 11) is 1.67. The maximum absolute atomic E-state index is 5.58. The van der Waals surface area contributed by atoms with Gasteiger partial charge in [0.2, 0.25) is 0 Å². The minimum atomic E-state index is 0.332. The molecule has 0 aliphatic carbocycles. The van der Waals surface area contributed by atoms with Gasteiger partial charge in [-0.15, -0.1) is 0 Å². The van der Waals surface area contributed by atoms with Gasteiger partial charge in [0.15, 0.2) is 5.13 Å². The van der Waals surface area contributed by atoms with Crippen molar-refractivity contribution < 1.29 is 9.47 Å². The van der Waals surface area contributed by atoms with Gasteiger partial charge in [-0.3, -0.25) is 0 Å². The molecule has 0 unspecified atom stereocenters. The third-order valence-electron chi connectivity index (χ3n) is 3.11. The van der Waals surface area contributed by atoms with Crippen LogP contribution in [0.3, 0.4) is 0 Å². The van der Waals surface area contributed by atoms with Gasteiger partial charge < -0.3 is 14.8 Å². The molecule has 4 nitrogen and oxygen atoms in total. The molecule has 3 rings (SSSR count). The van der Waals surface area contributed by atoms with Crippen molar-refractivity contribution in [3.63, 3.8) is 0 Å². The van der Waals surface area contributed by atoms with E-state index in [1.165, 1.54) is 6.42 Å². The average molecular weight is 264 g/mol. The summed E-state index contributed by atoms with van der Waals surface area (Å²) >= 11 is 1.65. The Labute approximate surface area is 110 Å². The summed E-state index contributed by atoms with van der Waals surface area (Å²) < 4.78 is 12.0. The van der Waals surface area contributed by atoms with E-state index in [4.69, 9.17) is 9.47 Å². The first-order valence-corrected chi connectivity index (χ1v) is 6.97. The molecule has 1 aliphatic heterocycles. The molecular weight excluding hydrogens is 248 g/mol. The zero-order chi connectivity index (χ0) is 12.4. The van der Waals surface area contributed by atoms with Crippen LogP contribution >= 0.6 is 11.3 Å². The van der Waals surface area contributed by atoms with Gasteiger partial charge in [0.05, 0.1) is 17.9 Å². The molecule has 1 aromatic carbocycles. The monoisotopic (exact) mass is 264 g/mol. The molecule has 96 valence electrons. The van der Waals surface area contributed by atoms with Crippen LogP contribution in [0.4, 0.5) is 5.13 Å². The first-order chi connectivity index (χ1) is 8.86. The molecule has 0 amide bonds. The molecule has 0 spiro atoms. The van der Waals surface area contributed by atoms with Crippen LogP contribution in [0.2, 0.25) is 0 Å². The third kappa shape index (κ3) is 2.28. The Hall–Kier alpha value is -1.33. The lowest BCUT2D eigenvalue weighted by atomic mass is 10.2. The number of ether oxygens (including phenoxy) is 2. The van der Waals surface area contributed by atoms with E-state index in [9.17, 15) is 0 Å². The van der Waals surface area contributed by atoms with E-state index in [-0.39, 0.29) is 0 Å². The highest BCUT2D eigenvalue weighted by atomic mass is 32.1. The molecule has 0 bridgehead atoms. The lowest BCUT2D eigenvalue weighted by molar-refractivity contribution is 0.120. The molecule has 1 aromatic heterocycles. The summed E-state index contributed by atoms with van der Waals surface area (Å²) in [5, 5.41) is 4.29. The predicted octanol–water partition coefficient (Wildman–Crippen LogP) is 2.90. The van der Waals surface area contributed by atoms with Gasteiger partial charge in [0.1, 0.15) is 11.3 Å². The van der Waals surface area contributed by atoms with Crippen molar-refractivity contribution in [2.45, 2.75) is 18.9 Å². The number of benzene rings is 1. The summed E-state index contributed by atoms with van der Waals surface area (Å²) in [4.78, 5) is 4.57. The molecule has 18 heavy (non-hydrogen) atoms. The molecule has 1 fully saturated rings. The van der Waals surface area contributed by atoms with Gasteiger partial charge in [-0.2, -0.15) is 0 Å². The maximum Gasteiger partial charge on any atom is 0.184 e. The number of methoxy groups -OCH3 is 1. The highest BCUT2D eigenvalue weighted by Gasteiger charge is 2.16. The van der Waals surface area contributed by atoms with Crippen LogP contribution in [-0.2, 0) is 4.74 Å². The van der Waals surface area contributed by atoms with Crippen LogP contribution in [0.25, 0.3) is 10.2 Å². The maximum atomic E-state index is 5.58. The van der Waals surface area contributed by atoms with Crippen LogP contribution in [0.1, 0.15) is 12.8 Å². The normalized spacial score (nSPS) is 19.3. The van der Waals surface area contributed by atoms with E-state index in [0.717, 1.165) is 40.7 Å². The van der Waals surface area contributed by atoms with E-state index in [1.54, 1.807) is 18.4 Å². The molecule has 1 N–H and O–H groups in total. The zero-order valence-corrected chi connectivity index (χ0v) is 11.1. The summed E-state index contributed by atoms with van der Waals surface area (Å²) in [6.45, 7) is 1.72. The number of nitrogens with zero attached hydrogens (tertiary/aromatic N) is 1. The third-order valence-corrected chi connectivity index (χ3v) is 4.09. The molecule has 2 aromatic rings. The fourth-order valence-electron chi connectivity index (χ4n) is 2.17. The fourth-order valence-corrected chi connectivity index (χ4v) is 3.06. The van der Waals surface area contributed by atoms with Crippen LogP contribution in [0.15, 0.2) is 18.2 Å². The predicted molar refractivity (Wildman–Crippen MR) is 73.6 cm³/mol. The number of fused-ring (bicyclic) bond motifs is 1. The fraction of sp³-hybridized carbons (Fsp3) is 0.462. The van der Waals surface area contributed by atoms with Crippen LogP contribution in [0, 0.1) is 0 Å². The van der Waals surface area contributed by atoms with Crippen molar-refractivity contribution in [2.75, 3.05) is 25.6 Å². The second kappa shape index (κ2) is 5.12. The molecule has 5 heteroatoms. The highest BCUT2D eigenvalue weighted by molar-refractivity contribution is 7.22. The van der Waals surface area contributed by atoms with Gasteiger partial charge in [-0.05, 0) is 25.0 Å². The summed E-state index contributed by atoms with van der Waals surface area (Å²) in [6, 6.07) is 5.99. The Kier molecular flexibility index (Phi) is 3.34. The second-order valence-corrected chi connectivity index (χ2v) is 5.37. The van der Waals surface area contributed by atoms with E-state index in [0.29, 0.717) is 6.10 Å². The molecule has 1 atom stereocenters. The van der Waals surface area contributed by atoms with Crippen molar-refractivity contribution in [2.24, 2.45) is 0 Å². The molecule has 1 saturated heterocycles. The number of aromatic nitrogens is 1. The Morgan fingerprint density at radius 3 is 3.28 bits per heavy atom. The Balaban J connectivity index is 1.76. The lowest BCUT2D eigenvalue weighted by Crippen LogP contribution is -2.18. The first-order valence-electron chi connectivity index (χ1n) is 6.16. The van der Waals surface area contributed by atoms with Gasteiger partial charge >= 0.3 is 0 Å². The highest BCUT2D eigenvalue weighted by Crippen LogP contribution is 2.32. The number of rotatable bonds is 4. The van der Waals surface area contributed by atoms with Crippen LogP contribution < -0.4 is 10.1 Å². The zero-order valence-electron chi connectivity index (χ0n) is 10.3. The summed E-state index contributed by atoms with van der Waals surface area (Å²) in [5.41, 5.74) is 0.930. The Bertz CT molecular complexity index is 535. The lowest BCUT2D eigenvalue weighted by Gasteiger charge is -2.08. The van der Waals surface area contributed by atoms with Crippen molar-refractivity contribution in [1.29, 1.82) is 0 Å². The SMILES string of the molecule is COc1cccc2sc(NC[C@@H]3CCCO3)nc12. The van der Waals surface area contributed by atoms with Gasteiger partial charge in [0, 0.05) is 13.2 Å². The molecule has 0 saturated carbocycles. The Morgan fingerprint density at radius 2 is 2.50 bits per heavy atom. The average Bonchev–Trinajstić information content (AvgIpc) is 3.04. The molecule has 2 heterocycles.